The zero-order valence-electron chi connectivity index (χ0n) is 9.47. The summed E-state index contributed by atoms with van der Waals surface area (Å²) in [6, 6.07) is 8.02. The van der Waals surface area contributed by atoms with E-state index in [-0.39, 0.29) is 27.7 Å². The van der Waals surface area contributed by atoms with Crippen molar-refractivity contribution in [2.75, 3.05) is 6.61 Å². The first-order valence-electron chi connectivity index (χ1n) is 5.49. The van der Waals surface area contributed by atoms with Crippen LogP contribution in [0.1, 0.15) is 31.4 Å². The van der Waals surface area contributed by atoms with Gasteiger partial charge in [-0.2, -0.15) is 0 Å². The molecule has 0 aliphatic rings. The molecule has 0 spiro atoms. The summed E-state index contributed by atoms with van der Waals surface area (Å²) >= 11 is 0.238. The molecule has 0 heterocycles. The molecule has 2 N–H and O–H groups in total. The van der Waals surface area contributed by atoms with Crippen molar-refractivity contribution in [3.63, 3.8) is 0 Å². The Morgan fingerprint density at radius 1 is 1.38 bits per heavy atom. The zero-order valence-corrected chi connectivity index (χ0v) is 11.2. The second-order valence-corrected chi connectivity index (χ2v) is 5.45. The van der Waals surface area contributed by atoms with E-state index < -0.39 is 0 Å². The fourth-order valence-corrected chi connectivity index (χ4v) is 3.19. The maximum atomic E-state index is 9.86. The molecule has 1 atom stereocenters. The Balaban J connectivity index is 2.71. The SMILES string of the molecule is CC[C@H](O)c1ccccc1[Se]/C=C/CCO. The summed E-state index contributed by atoms with van der Waals surface area (Å²) in [6.45, 7) is 2.18. The monoisotopic (exact) mass is 286 g/mol. The molecule has 1 aromatic carbocycles. The van der Waals surface area contributed by atoms with Crippen LogP contribution in [0.15, 0.2) is 35.3 Å². The van der Waals surface area contributed by atoms with Gasteiger partial charge >= 0.3 is 103 Å². The Kier molecular flexibility index (Phi) is 6.43. The van der Waals surface area contributed by atoms with E-state index in [2.05, 4.69) is 11.0 Å². The van der Waals surface area contributed by atoms with Crippen molar-refractivity contribution in [3.8, 4) is 0 Å². The molecular formula is C13H18O2Se. The first kappa shape index (κ1) is 13.5. The molecule has 2 nitrogen and oxygen atoms in total. The standard InChI is InChI=1S/C13H18O2Se/c1-2-12(15)11-7-3-4-8-13(11)16-10-6-5-9-14/h3-4,6-8,10,12,14-15H,2,5,9H2,1H3/b10-6+/t12-/m0/s1. The van der Waals surface area contributed by atoms with Gasteiger partial charge < -0.3 is 0 Å². The molecular weight excluding hydrogens is 267 g/mol. The number of hydrogen-bond acceptors (Lipinski definition) is 2. The predicted molar refractivity (Wildman–Crippen MR) is 67.9 cm³/mol. The summed E-state index contributed by atoms with van der Waals surface area (Å²) in [4.78, 5) is 2.10. The van der Waals surface area contributed by atoms with Crippen LogP contribution < -0.4 is 4.46 Å². The van der Waals surface area contributed by atoms with Gasteiger partial charge in [-0.15, -0.1) is 0 Å². The van der Waals surface area contributed by atoms with Gasteiger partial charge in [0.2, 0.25) is 0 Å². The molecule has 0 saturated carbocycles. The van der Waals surface area contributed by atoms with Crippen LogP contribution >= 0.6 is 0 Å². The van der Waals surface area contributed by atoms with E-state index in [0.717, 1.165) is 12.0 Å². The van der Waals surface area contributed by atoms with Crippen LogP contribution in [0, 0.1) is 0 Å². The van der Waals surface area contributed by atoms with Gasteiger partial charge in [0.25, 0.3) is 0 Å². The van der Waals surface area contributed by atoms with E-state index in [4.69, 9.17) is 5.11 Å². The zero-order chi connectivity index (χ0) is 11.8. The van der Waals surface area contributed by atoms with E-state index in [1.54, 1.807) is 0 Å². The van der Waals surface area contributed by atoms with E-state index in [1.165, 1.54) is 4.46 Å². The molecule has 88 valence electrons. The van der Waals surface area contributed by atoms with Crippen LogP contribution in [0.3, 0.4) is 0 Å². The normalized spacial score (nSPS) is 13.2. The van der Waals surface area contributed by atoms with Gasteiger partial charge in [-0.1, -0.05) is 0 Å². The summed E-state index contributed by atoms with van der Waals surface area (Å²) < 4.78 is 1.22. The number of hydrogen-bond donors (Lipinski definition) is 2. The first-order chi connectivity index (χ1) is 7.79. The molecule has 1 aromatic rings. The average Bonchev–Trinajstić information content (AvgIpc) is 2.34. The topological polar surface area (TPSA) is 40.5 Å². The Morgan fingerprint density at radius 2 is 2.12 bits per heavy atom. The van der Waals surface area contributed by atoms with E-state index in [0.29, 0.717) is 6.42 Å². The molecule has 0 aromatic heterocycles. The maximum absolute atomic E-state index is 9.86. The van der Waals surface area contributed by atoms with Crippen LogP contribution in [0.25, 0.3) is 0 Å². The Bertz CT molecular complexity index is 336. The van der Waals surface area contributed by atoms with E-state index >= 15 is 0 Å². The van der Waals surface area contributed by atoms with Gasteiger partial charge in [-0.3, -0.25) is 0 Å². The van der Waals surface area contributed by atoms with Gasteiger partial charge in [0, 0.05) is 0 Å². The number of rotatable bonds is 6. The molecule has 0 unspecified atom stereocenters. The third kappa shape index (κ3) is 4.11. The molecule has 0 amide bonds. The van der Waals surface area contributed by atoms with Crippen LogP contribution in [0.5, 0.6) is 0 Å². The van der Waals surface area contributed by atoms with Crippen LogP contribution in [-0.4, -0.2) is 31.8 Å². The Hall–Kier alpha value is -0.601. The molecule has 0 bridgehead atoms. The summed E-state index contributed by atoms with van der Waals surface area (Å²) in [5.74, 6) is 0. The minimum atomic E-state index is -0.357. The molecule has 0 aliphatic heterocycles. The van der Waals surface area contributed by atoms with Crippen LogP contribution in [0.4, 0.5) is 0 Å². The summed E-state index contributed by atoms with van der Waals surface area (Å²) in [6.07, 6.45) is 3.09. The first-order valence-corrected chi connectivity index (χ1v) is 7.33. The van der Waals surface area contributed by atoms with Crippen molar-refractivity contribution in [1.29, 1.82) is 0 Å². The fourth-order valence-electron chi connectivity index (χ4n) is 1.35. The molecule has 1 rings (SSSR count). The number of aliphatic hydroxyl groups excluding tert-OH is 2. The molecule has 16 heavy (non-hydrogen) atoms. The average molecular weight is 285 g/mol. The summed E-state index contributed by atoms with van der Waals surface area (Å²) in [5.41, 5.74) is 1.04. The summed E-state index contributed by atoms with van der Waals surface area (Å²) in [5, 5.41) is 18.5. The fraction of sp³-hybridized carbons (Fsp3) is 0.385. The van der Waals surface area contributed by atoms with E-state index in [9.17, 15) is 5.11 Å². The van der Waals surface area contributed by atoms with Gasteiger partial charge in [-0.05, 0) is 0 Å². The molecule has 0 saturated heterocycles. The van der Waals surface area contributed by atoms with Crippen molar-refractivity contribution in [2.24, 2.45) is 0 Å². The molecule has 0 aliphatic carbocycles. The second kappa shape index (κ2) is 7.64. The Labute approximate surface area is 103 Å². The van der Waals surface area contributed by atoms with Crippen molar-refractivity contribution < 1.29 is 10.2 Å². The van der Waals surface area contributed by atoms with Gasteiger partial charge in [0.05, 0.1) is 0 Å². The number of benzene rings is 1. The van der Waals surface area contributed by atoms with E-state index in [1.807, 2.05) is 31.2 Å². The van der Waals surface area contributed by atoms with Gasteiger partial charge in [-0.25, -0.2) is 0 Å². The summed E-state index contributed by atoms with van der Waals surface area (Å²) in [7, 11) is 0. The number of aliphatic hydroxyl groups is 2. The quantitative estimate of drug-likeness (QED) is 0.775. The van der Waals surface area contributed by atoms with Gasteiger partial charge in [0.1, 0.15) is 0 Å². The van der Waals surface area contributed by atoms with Crippen molar-refractivity contribution in [2.45, 2.75) is 25.9 Å². The third-order valence-corrected chi connectivity index (χ3v) is 4.25. The minimum absolute atomic E-state index is 0.200. The van der Waals surface area contributed by atoms with Crippen molar-refractivity contribution >= 4 is 19.4 Å². The third-order valence-electron chi connectivity index (χ3n) is 2.25. The Morgan fingerprint density at radius 3 is 2.81 bits per heavy atom. The predicted octanol–water partition coefficient (Wildman–Crippen LogP) is 1.36. The van der Waals surface area contributed by atoms with Gasteiger partial charge in [0.15, 0.2) is 0 Å². The molecule has 0 fully saturated rings. The van der Waals surface area contributed by atoms with Crippen LogP contribution in [-0.2, 0) is 0 Å². The van der Waals surface area contributed by atoms with Crippen molar-refractivity contribution in [3.05, 3.63) is 40.9 Å². The van der Waals surface area contributed by atoms with Crippen LogP contribution in [0.2, 0.25) is 0 Å². The molecule has 0 radical (unpaired) electrons. The second-order valence-electron chi connectivity index (χ2n) is 3.46. The van der Waals surface area contributed by atoms with Crippen molar-refractivity contribution in [1.82, 2.24) is 0 Å². The molecule has 3 heteroatoms.